The summed E-state index contributed by atoms with van der Waals surface area (Å²) in [6, 6.07) is 7.43. The minimum atomic E-state index is -1.55. The third-order valence-electron chi connectivity index (χ3n) is 2.15. The fourth-order valence-electron chi connectivity index (χ4n) is 1.42. The lowest BCUT2D eigenvalue weighted by atomic mass is 10.1. The summed E-state index contributed by atoms with van der Waals surface area (Å²) in [7, 11) is -1.55. The van der Waals surface area contributed by atoms with E-state index in [1.165, 1.54) is 0 Å². The van der Waals surface area contributed by atoms with Gasteiger partial charge in [-0.2, -0.15) is 0 Å². The molecular weight excluding hydrogens is 257 g/mol. The Kier molecular flexibility index (Phi) is 6.75. The van der Waals surface area contributed by atoms with Crippen molar-refractivity contribution in [1.29, 1.82) is 0 Å². The summed E-state index contributed by atoms with van der Waals surface area (Å²) in [5, 5.41) is 0. The Hall–Kier alpha value is -0.583. The third kappa shape index (κ3) is 6.05. The van der Waals surface area contributed by atoms with Crippen molar-refractivity contribution in [2.24, 2.45) is 5.73 Å². The Morgan fingerprint density at radius 3 is 2.18 bits per heavy atom. The second-order valence-electron chi connectivity index (χ2n) is 4.87. The molecule has 0 aliphatic carbocycles. The molecular formula is C12H21ClFNOSi. The monoisotopic (exact) mass is 277 g/mol. The smallest absolute Gasteiger partial charge is 0.242 e. The van der Waals surface area contributed by atoms with Gasteiger partial charge in [-0.1, -0.05) is 12.1 Å². The first-order chi connectivity index (χ1) is 7.42. The molecule has 0 spiro atoms. The minimum Gasteiger partial charge on any atom is -0.544 e. The summed E-state index contributed by atoms with van der Waals surface area (Å²) in [4.78, 5) is 0. The Balaban J connectivity index is 0.00000256. The van der Waals surface area contributed by atoms with Gasteiger partial charge in [0.1, 0.15) is 5.75 Å². The zero-order valence-corrected chi connectivity index (χ0v) is 12.4. The SMILES string of the molecule is C[Si](C)(C)Oc1ccc([C@H](N)CCF)cc1.Cl. The summed E-state index contributed by atoms with van der Waals surface area (Å²) < 4.78 is 18.0. The number of halogens is 2. The van der Waals surface area contributed by atoms with E-state index in [0.29, 0.717) is 6.42 Å². The van der Waals surface area contributed by atoms with Crippen LogP contribution in [0.25, 0.3) is 0 Å². The molecule has 0 radical (unpaired) electrons. The van der Waals surface area contributed by atoms with Crippen molar-refractivity contribution >= 4 is 20.7 Å². The van der Waals surface area contributed by atoms with Gasteiger partial charge in [-0.3, -0.25) is 4.39 Å². The summed E-state index contributed by atoms with van der Waals surface area (Å²) in [6.07, 6.45) is 0.369. The molecule has 0 heterocycles. The summed E-state index contributed by atoms with van der Waals surface area (Å²) in [5.74, 6) is 0.871. The Morgan fingerprint density at radius 2 is 1.76 bits per heavy atom. The van der Waals surface area contributed by atoms with Crippen molar-refractivity contribution in [3.05, 3.63) is 29.8 Å². The van der Waals surface area contributed by atoms with E-state index in [2.05, 4.69) is 19.6 Å². The Bertz CT molecular complexity index is 326. The molecule has 5 heteroatoms. The fourth-order valence-corrected chi connectivity index (χ4v) is 2.26. The maximum Gasteiger partial charge on any atom is 0.242 e. The van der Waals surface area contributed by atoms with Gasteiger partial charge in [-0.25, -0.2) is 0 Å². The van der Waals surface area contributed by atoms with E-state index >= 15 is 0 Å². The van der Waals surface area contributed by atoms with Crippen LogP contribution in [0.15, 0.2) is 24.3 Å². The predicted molar refractivity (Wildman–Crippen MR) is 75.2 cm³/mol. The average Bonchev–Trinajstić information content (AvgIpc) is 2.16. The van der Waals surface area contributed by atoms with Crippen LogP contribution in [0.5, 0.6) is 5.75 Å². The Morgan fingerprint density at radius 1 is 1.24 bits per heavy atom. The van der Waals surface area contributed by atoms with Gasteiger partial charge in [0.2, 0.25) is 8.32 Å². The number of rotatable bonds is 5. The first kappa shape index (κ1) is 16.4. The highest BCUT2D eigenvalue weighted by atomic mass is 35.5. The van der Waals surface area contributed by atoms with Gasteiger partial charge in [-0.15, -0.1) is 12.4 Å². The molecule has 0 saturated heterocycles. The molecule has 2 N–H and O–H groups in total. The fraction of sp³-hybridized carbons (Fsp3) is 0.500. The lowest BCUT2D eigenvalue weighted by Crippen LogP contribution is -2.29. The molecule has 0 aliphatic heterocycles. The molecule has 0 bridgehead atoms. The van der Waals surface area contributed by atoms with Gasteiger partial charge in [0.05, 0.1) is 6.67 Å². The molecule has 0 aliphatic rings. The van der Waals surface area contributed by atoms with E-state index in [1.807, 2.05) is 24.3 Å². The molecule has 2 nitrogen and oxygen atoms in total. The zero-order chi connectivity index (χ0) is 12.2. The maximum atomic E-state index is 12.1. The van der Waals surface area contributed by atoms with Crippen LogP contribution in [-0.4, -0.2) is 15.0 Å². The number of benzene rings is 1. The van der Waals surface area contributed by atoms with E-state index in [4.69, 9.17) is 10.2 Å². The van der Waals surface area contributed by atoms with Crippen LogP contribution in [0.1, 0.15) is 18.0 Å². The van der Waals surface area contributed by atoms with Crippen molar-refractivity contribution in [2.75, 3.05) is 6.67 Å². The van der Waals surface area contributed by atoms with Crippen molar-refractivity contribution in [2.45, 2.75) is 32.1 Å². The molecule has 17 heavy (non-hydrogen) atoms. The number of nitrogens with two attached hydrogens (primary N) is 1. The molecule has 0 saturated carbocycles. The van der Waals surface area contributed by atoms with Gasteiger partial charge in [-0.05, 0) is 43.8 Å². The lowest BCUT2D eigenvalue weighted by Gasteiger charge is -2.19. The molecule has 0 fully saturated rings. The quantitative estimate of drug-likeness (QED) is 0.834. The van der Waals surface area contributed by atoms with Gasteiger partial charge < -0.3 is 10.2 Å². The normalized spacial score (nSPS) is 12.8. The number of hydrogen-bond acceptors (Lipinski definition) is 2. The molecule has 1 atom stereocenters. The van der Waals surface area contributed by atoms with Crippen LogP contribution in [0.2, 0.25) is 19.6 Å². The van der Waals surface area contributed by atoms with E-state index < -0.39 is 8.32 Å². The van der Waals surface area contributed by atoms with Crippen LogP contribution in [0, 0.1) is 0 Å². The molecule has 0 unspecified atom stereocenters. The second-order valence-corrected chi connectivity index (χ2v) is 9.30. The van der Waals surface area contributed by atoms with Crippen LogP contribution in [-0.2, 0) is 0 Å². The van der Waals surface area contributed by atoms with Gasteiger partial charge >= 0.3 is 0 Å². The molecule has 0 aromatic heterocycles. The first-order valence-electron chi connectivity index (χ1n) is 5.53. The van der Waals surface area contributed by atoms with E-state index in [1.54, 1.807) is 0 Å². The maximum absolute atomic E-state index is 12.1. The topological polar surface area (TPSA) is 35.2 Å². The molecule has 1 aromatic rings. The summed E-state index contributed by atoms with van der Waals surface area (Å²) in [5.41, 5.74) is 6.77. The van der Waals surface area contributed by atoms with Crippen LogP contribution < -0.4 is 10.2 Å². The van der Waals surface area contributed by atoms with Crippen LogP contribution in [0.4, 0.5) is 4.39 Å². The second kappa shape index (κ2) is 6.99. The predicted octanol–water partition coefficient (Wildman–Crippen LogP) is 3.68. The standard InChI is InChI=1S/C12H20FNOSi.ClH/c1-16(2,3)15-11-6-4-10(5-7-11)12(14)8-9-13;/h4-7,12H,8-9,14H2,1-3H3;1H/t12-;/m1./s1. The zero-order valence-electron chi connectivity index (χ0n) is 10.6. The lowest BCUT2D eigenvalue weighted by molar-refractivity contribution is 0.441. The van der Waals surface area contributed by atoms with Crippen molar-refractivity contribution in [1.82, 2.24) is 0 Å². The van der Waals surface area contributed by atoms with Crippen molar-refractivity contribution in [3.63, 3.8) is 0 Å². The van der Waals surface area contributed by atoms with Crippen LogP contribution in [0.3, 0.4) is 0 Å². The van der Waals surface area contributed by atoms with Crippen molar-refractivity contribution < 1.29 is 8.82 Å². The van der Waals surface area contributed by atoms with Gasteiger partial charge in [0.25, 0.3) is 0 Å². The van der Waals surface area contributed by atoms with Crippen molar-refractivity contribution in [3.8, 4) is 5.75 Å². The van der Waals surface area contributed by atoms with Crippen LogP contribution >= 0.6 is 12.4 Å². The minimum absolute atomic E-state index is 0. The van der Waals surface area contributed by atoms with E-state index in [9.17, 15) is 4.39 Å². The van der Waals surface area contributed by atoms with E-state index in [0.717, 1.165) is 11.3 Å². The molecule has 1 rings (SSSR count). The summed E-state index contributed by atoms with van der Waals surface area (Å²) >= 11 is 0. The number of alkyl halides is 1. The van der Waals surface area contributed by atoms with E-state index in [-0.39, 0.29) is 25.1 Å². The molecule has 0 amide bonds. The average molecular weight is 278 g/mol. The van der Waals surface area contributed by atoms with Gasteiger partial charge in [0.15, 0.2) is 0 Å². The number of hydrogen-bond donors (Lipinski definition) is 1. The Labute approximate surface area is 110 Å². The third-order valence-corrected chi connectivity index (χ3v) is 3.00. The highest BCUT2D eigenvalue weighted by Crippen LogP contribution is 2.20. The van der Waals surface area contributed by atoms with Gasteiger partial charge in [0, 0.05) is 6.04 Å². The molecule has 1 aromatic carbocycles. The molecule has 98 valence electrons. The highest BCUT2D eigenvalue weighted by Gasteiger charge is 2.16. The highest BCUT2D eigenvalue weighted by molar-refractivity contribution is 6.70. The first-order valence-corrected chi connectivity index (χ1v) is 8.94. The largest absolute Gasteiger partial charge is 0.544 e. The summed E-state index contributed by atoms with van der Waals surface area (Å²) in [6.45, 7) is 6.02.